The number of aromatic nitrogens is 3. The Morgan fingerprint density at radius 3 is 2.22 bits per heavy atom. The van der Waals surface area contributed by atoms with Crippen LogP contribution in [-0.4, -0.2) is 21.9 Å². The molecule has 6 nitrogen and oxygen atoms in total. The van der Waals surface area contributed by atoms with Crippen LogP contribution in [0.25, 0.3) is 45.2 Å². The lowest BCUT2D eigenvalue weighted by Gasteiger charge is -2.07. The first kappa shape index (κ1) is 24.8. The Hall–Kier alpha value is -3.90. The van der Waals surface area contributed by atoms with E-state index in [1.165, 1.54) is 19.3 Å². The van der Waals surface area contributed by atoms with E-state index in [1.807, 2.05) is 61.5 Å². The Morgan fingerprint density at radius 1 is 0.784 bits per heavy atom. The van der Waals surface area contributed by atoms with Crippen LogP contribution in [0, 0.1) is 6.92 Å². The monoisotopic (exact) mass is 513 g/mol. The van der Waals surface area contributed by atoms with Crippen LogP contribution in [-0.2, 0) is 0 Å². The van der Waals surface area contributed by atoms with E-state index >= 15 is 0 Å². The Kier molecular flexibility index (Phi) is 7.66. The Balaban J connectivity index is 1.30. The van der Waals surface area contributed by atoms with Crippen molar-refractivity contribution in [2.45, 2.75) is 39.5 Å². The van der Waals surface area contributed by atoms with Gasteiger partial charge in [0.2, 0.25) is 5.82 Å². The molecule has 7 heteroatoms. The average Bonchev–Trinajstić information content (AvgIpc) is 3.56. The Bertz CT molecular complexity index is 1460. The summed E-state index contributed by atoms with van der Waals surface area (Å²) in [7, 11) is 0. The SMILES string of the molecule is CCCCCCOc1ccc(-c2ccc(-c3noc(-c4c(-c5ccccc5Cl)noc4C)n3)cc2)cc1. The van der Waals surface area contributed by atoms with Crippen molar-refractivity contribution < 1.29 is 13.8 Å². The van der Waals surface area contributed by atoms with Crippen molar-refractivity contribution in [3.05, 3.63) is 83.6 Å². The van der Waals surface area contributed by atoms with E-state index in [9.17, 15) is 0 Å². The van der Waals surface area contributed by atoms with Crippen molar-refractivity contribution in [3.63, 3.8) is 0 Å². The number of halogens is 1. The highest BCUT2D eigenvalue weighted by molar-refractivity contribution is 6.33. The molecule has 0 atom stereocenters. The van der Waals surface area contributed by atoms with Gasteiger partial charge in [0.1, 0.15) is 22.8 Å². The van der Waals surface area contributed by atoms with Crippen molar-refractivity contribution in [2.75, 3.05) is 6.61 Å². The second-order valence-corrected chi connectivity index (χ2v) is 9.28. The molecule has 5 aromatic rings. The molecule has 0 aliphatic carbocycles. The van der Waals surface area contributed by atoms with Crippen molar-refractivity contribution in [1.29, 1.82) is 0 Å². The van der Waals surface area contributed by atoms with Crippen molar-refractivity contribution in [3.8, 4) is 51.0 Å². The van der Waals surface area contributed by atoms with Crippen LogP contribution in [0.15, 0.2) is 81.8 Å². The molecular formula is C30H28ClN3O3. The van der Waals surface area contributed by atoms with E-state index < -0.39 is 0 Å². The van der Waals surface area contributed by atoms with Crippen molar-refractivity contribution in [1.82, 2.24) is 15.3 Å². The maximum atomic E-state index is 6.39. The summed E-state index contributed by atoms with van der Waals surface area (Å²) in [5.74, 6) is 2.29. The number of unbranched alkanes of at least 4 members (excludes halogenated alkanes) is 3. The molecule has 188 valence electrons. The lowest BCUT2D eigenvalue weighted by molar-refractivity contribution is 0.305. The first-order chi connectivity index (χ1) is 18.1. The summed E-state index contributed by atoms with van der Waals surface area (Å²) in [5.41, 5.74) is 5.01. The molecular weight excluding hydrogens is 486 g/mol. The highest BCUT2D eigenvalue weighted by atomic mass is 35.5. The summed E-state index contributed by atoms with van der Waals surface area (Å²) in [6.45, 7) is 4.78. The zero-order valence-electron chi connectivity index (χ0n) is 20.9. The molecule has 0 bridgehead atoms. The van der Waals surface area contributed by atoms with Gasteiger partial charge in [0, 0.05) is 11.1 Å². The lowest BCUT2D eigenvalue weighted by atomic mass is 10.0. The van der Waals surface area contributed by atoms with Gasteiger partial charge in [-0.15, -0.1) is 0 Å². The number of hydrogen-bond acceptors (Lipinski definition) is 6. The predicted octanol–water partition coefficient (Wildman–Crippen LogP) is 8.65. The van der Waals surface area contributed by atoms with Gasteiger partial charge >= 0.3 is 0 Å². The molecule has 5 rings (SSSR count). The van der Waals surface area contributed by atoms with Crippen LogP contribution in [0.3, 0.4) is 0 Å². The largest absolute Gasteiger partial charge is 0.494 e. The van der Waals surface area contributed by atoms with Gasteiger partial charge in [-0.1, -0.05) is 103 Å². The third-order valence-corrected chi connectivity index (χ3v) is 6.56. The number of nitrogens with zero attached hydrogens (tertiary/aromatic N) is 3. The van der Waals surface area contributed by atoms with E-state index in [0.29, 0.717) is 33.8 Å². The topological polar surface area (TPSA) is 74.2 Å². The van der Waals surface area contributed by atoms with Crippen LogP contribution >= 0.6 is 11.6 Å². The summed E-state index contributed by atoms with van der Waals surface area (Å²) in [5, 5.41) is 8.95. The van der Waals surface area contributed by atoms with Gasteiger partial charge in [-0.05, 0) is 42.7 Å². The first-order valence-electron chi connectivity index (χ1n) is 12.5. The third-order valence-electron chi connectivity index (χ3n) is 6.23. The second kappa shape index (κ2) is 11.4. The summed E-state index contributed by atoms with van der Waals surface area (Å²) >= 11 is 6.39. The van der Waals surface area contributed by atoms with Crippen molar-refractivity contribution >= 4 is 11.6 Å². The van der Waals surface area contributed by atoms with E-state index in [4.69, 9.17) is 25.4 Å². The van der Waals surface area contributed by atoms with Crippen LogP contribution in [0.5, 0.6) is 5.75 Å². The highest BCUT2D eigenvalue weighted by Gasteiger charge is 2.23. The van der Waals surface area contributed by atoms with Crippen LogP contribution in [0.1, 0.15) is 38.4 Å². The smallest absolute Gasteiger partial charge is 0.264 e. The minimum atomic E-state index is 0.332. The maximum absolute atomic E-state index is 6.39. The summed E-state index contributed by atoms with van der Waals surface area (Å²) < 4.78 is 16.9. The molecule has 3 aromatic carbocycles. The number of hydrogen-bond donors (Lipinski definition) is 0. The van der Waals surface area contributed by atoms with E-state index in [2.05, 4.69) is 34.4 Å². The lowest BCUT2D eigenvalue weighted by Crippen LogP contribution is -1.96. The number of rotatable bonds is 10. The molecule has 0 saturated heterocycles. The van der Waals surface area contributed by atoms with Crippen LogP contribution in [0.4, 0.5) is 0 Å². The van der Waals surface area contributed by atoms with E-state index in [-0.39, 0.29) is 0 Å². The van der Waals surface area contributed by atoms with Gasteiger partial charge in [0.25, 0.3) is 5.89 Å². The molecule has 0 fully saturated rings. The standard InChI is InChI=1S/C30H28ClN3O3/c1-3-4-5-8-19-35-24-17-15-22(16-18-24)21-11-13-23(14-12-21)29-32-30(37-34-29)27-20(2)36-33-28(27)25-9-6-7-10-26(25)31/h6-7,9-18H,3-5,8,19H2,1-2H3. The molecule has 0 unspecified atom stereocenters. The van der Waals surface area contributed by atoms with Gasteiger partial charge in [0.05, 0.1) is 11.6 Å². The zero-order chi connectivity index (χ0) is 25.6. The first-order valence-corrected chi connectivity index (χ1v) is 12.9. The molecule has 0 aliphatic rings. The molecule has 2 aromatic heterocycles. The molecule has 0 amide bonds. The minimum absolute atomic E-state index is 0.332. The van der Waals surface area contributed by atoms with Gasteiger partial charge in [-0.2, -0.15) is 4.98 Å². The Labute approximate surface area is 221 Å². The third kappa shape index (κ3) is 5.59. The van der Waals surface area contributed by atoms with Crippen molar-refractivity contribution in [2.24, 2.45) is 0 Å². The zero-order valence-corrected chi connectivity index (χ0v) is 21.7. The second-order valence-electron chi connectivity index (χ2n) is 8.88. The maximum Gasteiger partial charge on any atom is 0.264 e. The number of aryl methyl sites for hydroxylation is 1. The molecule has 37 heavy (non-hydrogen) atoms. The average molecular weight is 514 g/mol. The van der Waals surface area contributed by atoms with Gasteiger partial charge < -0.3 is 13.8 Å². The highest BCUT2D eigenvalue weighted by Crippen LogP contribution is 2.37. The quantitative estimate of drug-likeness (QED) is 0.174. The fourth-order valence-corrected chi connectivity index (χ4v) is 4.40. The van der Waals surface area contributed by atoms with E-state index in [0.717, 1.165) is 41.0 Å². The molecule has 0 aliphatic heterocycles. The summed E-state index contributed by atoms with van der Waals surface area (Å²) in [4.78, 5) is 4.62. The summed E-state index contributed by atoms with van der Waals surface area (Å²) in [6, 6.07) is 23.7. The van der Waals surface area contributed by atoms with E-state index in [1.54, 1.807) is 6.07 Å². The Morgan fingerprint density at radius 2 is 1.49 bits per heavy atom. The van der Waals surface area contributed by atoms with Crippen LogP contribution in [0.2, 0.25) is 5.02 Å². The fourth-order valence-electron chi connectivity index (χ4n) is 4.18. The fraction of sp³-hybridized carbons (Fsp3) is 0.233. The number of benzene rings is 3. The van der Waals surface area contributed by atoms with Gasteiger partial charge in [-0.25, -0.2) is 0 Å². The normalized spacial score (nSPS) is 11.1. The molecule has 0 N–H and O–H groups in total. The van der Waals surface area contributed by atoms with Gasteiger partial charge in [0.15, 0.2) is 0 Å². The molecule has 0 saturated carbocycles. The molecule has 0 radical (unpaired) electrons. The minimum Gasteiger partial charge on any atom is -0.494 e. The summed E-state index contributed by atoms with van der Waals surface area (Å²) in [6.07, 6.45) is 4.79. The predicted molar refractivity (Wildman–Crippen MR) is 145 cm³/mol. The van der Waals surface area contributed by atoms with Gasteiger partial charge in [-0.3, -0.25) is 0 Å². The number of ether oxygens (including phenoxy) is 1. The van der Waals surface area contributed by atoms with Crippen LogP contribution < -0.4 is 4.74 Å². The molecule has 0 spiro atoms. The molecule has 2 heterocycles.